The Labute approximate surface area is 155 Å². The van der Waals surface area contributed by atoms with Crippen molar-refractivity contribution in [3.8, 4) is 0 Å². The summed E-state index contributed by atoms with van der Waals surface area (Å²) in [5.74, 6) is 0.585. The Kier molecular flexibility index (Phi) is 5.46. The van der Waals surface area contributed by atoms with Crippen molar-refractivity contribution in [3.63, 3.8) is 0 Å². The normalized spacial score (nSPS) is 10.3. The number of hydrogen-bond acceptors (Lipinski definition) is 3. The predicted octanol–water partition coefficient (Wildman–Crippen LogP) is 5.25. The molecule has 3 aromatic rings. The Morgan fingerprint density at radius 3 is 2.60 bits per heavy atom. The minimum atomic E-state index is -0.0478. The summed E-state index contributed by atoms with van der Waals surface area (Å²) in [6.07, 6.45) is 1.65. The van der Waals surface area contributed by atoms with Crippen LogP contribution in [0.25, 0.3) is 0 Å². The van der Waals surface area contributed by atoms with Crippen molar-refractivity contribution < 1.29 is 4.79 Å². The maximum absolute atomic E-state index is 12.9. The number of nitrogens with one attached hydrogen (secondary N) is 1. The molecule has 0 fully saturated rings. The molecule has 0 radical (unpaired) electrons. The largest absolute Gasteiger partial charge is 0.340 e. The molecule has 0 bridgehead atoms. The minimum absolute atomic E-state index is 0.0478. The second-order valence-corrected chi connectivity index (χ2v) is 6.37. The highest BCUT2D eigenvalue weighted by Crippen LogP contribution is 2.21. The van der Waals surface area contributed by atoms with Crippen LogP contribution in [0.2, 0.25) is 0 Å². The molecule has 2 aromatic carbocycles. The number of para-hydroxylation sites is 1. The van der Waals surface area contributed by atoms with Gasteiger partial charge in [0.25, 0.3) is 5.91 Å². The van der Waals surface area contributed by atoms with Crippen LogP contribution in [0.1, 0.15) is 17.3 Å². The highest BCUT2D eigenvalue weighted by molar-refractivity contribution is 9.10. The summed E-state index contributed by atoms with van der Waals surface area (Å²) in [4.78, 5) is 19.0. The van der Waals surface area contributed by atoms with E-state index in [1.807, 2.05) is 61.5 Å². The molecule has 0 aliphatic heterocycles. The first-order valence-electron chi connectivity index (χ1n) is 8.03. The number of pyridine rings is 1. The van der Waals surface area contributed by atoms with Crippen molar-refractivity contribution in [2.24, 2.45) is 0 Å². The van der Waals surface area contributed by atoms with E-state index in [0.717, 1.165) is 15.8 Å². The zero-order valence-electron chi connectivity index (χ0n) is 13.8. The Bertz CT molecular complexity index is 868. The van der Waals surface area contributed by atoms with Crippen LogP contribution in [-0.2, 0) is 0 Å². The fourth-order valence-corrected chi connectivity index (χ4v) is 2.95. The van der Waals surface area contributed by atoms with Crippen LogP contribution in [-0.4, -0.2) is 17.4 Å². The summed E-state index contributed by atoms with van der Waals surface area (Å²) in [7, 11) is 0. The van der Waals surface area contributed by atoms with E-state index in [4.69, 9.17) is 0 Å². The van der Waals surface area contributed by atoms with E-state index >= 15 is 0 Å². The third-order valence-corrected chi connectivity index (χ3v) is 4.23. The predicted molar refractivity (Wildman–Crippen MR) is 105 cm³/mol. The number of halogens is 1. The van der Waals surface area contributed by atoms with Gasteiger partial charge in [-0.25, -0.2) is 4.98 Å². The van der Waals surface area contributed by atoms with E-state index in [2.05, 4.69) is 26.2 Å². The quantitative estimate of drug-likeness (QED) is 0.640. The summed E-state index contributed by atoms with van der Waals surface area (Å²) in [5, 5.41) is 3.22. The summed E-state index contributed by atoms with van der Waals surface area (Å²) >= 11 is 3.45. The number of rotatable bonds is 5. The fourth-order valence-electron chi connectivity index (χ4n) is 2.55. The highest BCUT2D eigenvalue weighted by Gasteiger charge is 2.16. The minimum Gasteiger partial charge on any atom is -0.340 e. The molecular formula is C20H18BrN3O. The number of carbonyl (C=O) groups is 1. The molecule has 1 N–H and O–H groups in total. The summed E-state index contributed by atoms with van der Waals surface area (Å²) in [6.45, 7) is 2.56. The van der Waals surface area contributed by atoms with Crippen LogP contribution in [0.4, 0.5) is 17.2 Å². The molecule has 3 rings (SSSR count). The molecule has 0 aliphatic carbocycles. The lowest BCUT2D eigenvalue weighted by Gasteiger charge is -2.21. The van der Waals surface area contributed by atoms with Crippen molar-refractivity contribution in [1.29, 1.82) is 0 Å². The zero-order valence-corrected chi connectivity index (χ0v) is 15.4. The number of benzene rings is 2. The van der Waals surface area contributed by atoms with Crippen molar-refractivity contribution >= 4 is 39.0 Å². The number of anilines is 3. The van der Waals surface area contributed by atoms with Crippen LogP contribution in [0.5, 0.6) is 0 Å². The van der Waals surface area contributed by atoms with Crippen LogP contribution in [0, 0.1) is 0 Å². The second-order valence-electron chi connectivity index (χ2n) is 5.45. The van der Waals surface area contributed by atoms with Gasteiger partial charge in [-0.2, -0.15) is 0 Å². The van der Waals surface area contributed by atoms with Crippen molar-refractivity contribution in [2.75, 3.05) is 16.8 Å². The molecule has 0 unspecified atom stereocenters. The van der Waals surface area contributed by atoms with E-state index in [9.17, 15) is 4.79 Å². The molecule has 5 heteroatoms. The van der Waals surface area contributed by atoms with Gasteiger partial charge in [0.05, 0.1) is 0 Å². The Balaban J connectivity index is 1.84. The van der Waals surface area contributed by atoms with Crippen molar-refractivity contribution in [2.45, 2.75) is 6.92 Å². The van der Waals surface area contributed by atoms with Gasteiger partial charge in [0.15, 0.2) is 0 Å². The van der Waals surface area contributed by atoms with Gasteiger partial charge in [0.1, 0.15) is 5.82 Å². The molecule has 0 saturated heterocycles. The fraction of sp³-hybridized carbons (Fsp3) is 0.100. The third kappa shape index (κ3) is 4.25. The lowest BCUT2D eigenvalue weighted by Crippen LogP contribution is -2.30. The molecule has 1 amide bonds. The average Bonchev–Trinajstić information content (AvgIpc) is 2.63. The third-order valence-electron chi connectivity index (χ3n) is 3.73. The molecule has 1 heterocycles. The van der Waals surface area contributed by atoms with Gasteiger partial charge in [-0.15, -0.1) is 0 Å². The van der Waals surface area contributed by atoms with Crippen LogP contribution in [0.15, 0.2) is 77.4 Å². The lowest BCUT2D eigenvalue weighted by molar-refractivity contribution is 0.0988. The highest BCUT2D eigenvalue weighted by atomic mass is 79.9. The lowest BCUT2D eigenvalue weighted by atomic mass is 10.2. The van der Waals surface area contributed by atoms with Crippen LogP contribution >= 0.6 is 15.9 Å². The number of aromatic nitrogens is 1. The van der Waals surface area contributed by atoms with E-state index in [1.165, 1.54) is 0 Å². The summed E-state index contributed by atoms with van der Waals surface area (Å²) in [5.41, 5.74) is 2.38. The summed E-state index contributed by atoms with van der Waals surface area (Å²) in [6, 6.07) is 21.0. The molecule has 0 saturated carbocycles. The number of amides is 1. The second kappa shape index (κ2) is 7.94. The van der Waals surface area contributed by atoms with Gasteiger partial charge in [0.2, 0.25) is 0 Å². The maximum Gasteiger partial charge on any atom is 0.258 e. The molecule has 0 aliphatic rings. The van der Waals surface area contributed by atoms with Gasteiger partial charge in [0, 0.05) is 34.2 Å². The molecule has 126 valence electrons. The van der Waals surface area contributed by atoms with Gasteiger partial charge in [-0.3, -0.25) is 4.79 Å². The number of carbonyl (C=O) groups excluding carboxylic acids is 1. The van der Waals surface area contributed by atoms with E-state index in [1.54, 1.807) is 23.2 Å². The van der Waals surface area contributed by atoms with Crippen molar-refractivity contribution in [1.82, 2.24) is 4.98 Å². The van der Waals surface area contributed by atoms with E-state index in [-0.39, 0.29) is 5.91 Å². The molecule has 1 aromatic heterocycles. The summed E-state index contributed by atoms with van der Waals surface area (Å²) < 4.78 is 0.978. The molecular weight excluding hydrogens is 378 g/mol. The zero-order chi connectivity index (χ0) is 17.6. The smallest absolute Gasteiger partial charge is 0.258 e. The standard InChI is InChI=1S/C20H18BrN3O/c1-2-24(18-9-4-3-5-10-18)20(25)15-11-12-22-19(13-15)23-17-8-6-7-16(21)14-17/h3-14H,2H2,1H3,(H,22,23). The SMILES string of the molecule is CCN(C(=O)c1ccnc(Nc2cccc(Br)c2)c1)c1ccccc1. The van der Waals surface area contributed by atoms with Gasteiger partial charge in [-0.05, 0) is 49.4 Å². The Morgan fingerprint density at radius 1 is 1.08 bits per heavy atom. The molecule has 4 nitrogen and oxygen atoms in total. The maximum atomic E-state index is 12.9. The molecule has 0 atom stereocenters. The average molecular weight is 396 g/mol. The van der Waals surface area contributed by atoms with E-state index < -0.39 is 0 Å². The first-order chi connectivity index (χ1) is 12.2. The van der Waals surface area contributed by atoms with E-state index in [0.29, 0.717) is 17.9 Å². The van der Waals surface area contributed by atoms with Gasteiger partial charge in [-0.1, -0.05) is 40.2 Å². The molecule has 0 spiro atoms. The van der Waals surface area contributed by atoms with Gasteiger partial charge >= 0.3 is 0 Å². The first kappa shape index (κ1) is 17.2. The number of nitrogens with zero attached hydrogens (tertiary/aromatic N) is 2. The van der Waals surface area contributed by atoms with Crippen LogP contribution in [0.3, 0.4) is 0 Å². The topological polar surface area (TPSA) is 45.2 Å². The van der Waals surface area contributed by atoms with Crippen LogP contribution < -0.4 is 10.2 Å². The Morgan fingerprint density at radius 2 is 1.88 bits per heavy atom. The Hall–Kier alpha value is -2.66. The van der Waals surface area contributed by atoms with Gasteiger partial charge < -0.3 is 10.2 Å². The first-order valence-corrected chi connectivity index (χ1v) is 8.82. The van der Waals surface area contributed by atoms with Crippen molar-refractivity contribution in [3.05, 3.63) is 83.0 Å². The number of hydrogen-bond donors (Lipinski definition) is 1. The monoisotopic (exact) mass is 395 g/mol. The molecule has 25 heavy (non-hydrogen) atoms.